The lowest BCUT2D eigenvalue weighted by atomic mass is 10.1. The van der Waals surface area contributed by atoms with E-state index in [1.165, 1.54) is 6.20 Å². The number of benzene rings is 1. The lowest BCUT2D eigenvalue weighted by molar-refractivity contribution is 0.872. The fourth-order valence-corrected chi connectivity index (χ4v) is 2.09. The van der Waals surface area contributed by atoms with Crippen LogP contribution >= 0.6 is 23.2 Å². The van der Waals surface area contributed by atoms with E-state index in [0.29, 0.717) is 21.8 Å². The summed E-state index contributed by atoms with van der Waals surface area (Å²) in [5, 5.41) is 4.28. The van der Waals surface area contributed by atoms with Crippen LogP contribution in [0, 0.1) is 0 Å². The van der Waals surface area contributed by atoms with Crippen LogP contribution in [0.15, 0.2) is 30.5 Å². The van der Waals surface area contributed by atoms with Crippen molar-refractivity contribution in [3.63, 3.8) is 0 Å². The second-order valence-electron chi connectivity index (χ2n) is 3.92. The Morgan fingerprint density at radius 3 is 2.63 bits per heavy atom. The van der Waals surface area contributed by atoms with Crippen molar-refractivity contribution in [2.75, 3.05) is 10.7 Å². The van der Waals surface area contributed by atoms with Gasteiger partial charge in [0.15, 0.2) is 5.82 Å². The van der Waals surface area contributed by atoms with Crippen molar-refractivity contribution in [2.24, 2.45) is 5.84 Å². The Kier molecular flexibility index (Phi) is 4.42. The highest BCUT2D eigenvalue weighted by Crippen LogP contribution is 2.28. The summed E-state index contributed by atoms with van der Waals surface area (Å²) in [4.78, 5) is 8.06. The van der Waals surface area contributed by atoms with Crippen molar-refractivity contribution < 1.29 is 0 Å². The van der Waals surface area contributed by atoms with Gasteiger partial charge in [-0.1, -0.05) is 41.4 Å². The van der Waals surface area contributed by atoms with E-state index in [2.05, 4.69) is 20.7 Å². The number of hydrazine groups is 1. The highest BCUT2D eigenvalue weighted by molar-refractivity contribution is 6.33. The number of halogens is 2. The first kappa shape index (κ1) is 13.9. The number of nitrogens with one attached hydrogen (secondary N) is 2. The largest absolute Gasteiger partial charge is 0.362 e. The summed E-state index contributed by atoms with van der Waals surface area (Å²) >= 11 is 12.2. The van der Waals surface area contributed by atoms with Gasteiger partial charge >= 0.3 is 0 Å². The van der Waals surface area contributed by atoms with Gasteiger partial charge in [0.25, 0.3) is 0 Å². The fraction of sp³-hybridized carbons (Fsp3) is 0.167. The number of hydrogen-bond acceptors (Lipinski definition) is 5. The lowest BCUT2D eigenvalue weighted by Crippen LogP contribution is -2.13. The number of aromatic nitrogens is 2. The van der Waals surface area contributed by atoms with Gasteiger partial charge in [0.1, 0.15) is 5.02 Å². The standard InChI is InChI=1S/C12H13Cl2N5/c1-7(8-4-2-3-5-9(8)13)17-11-10(14)6-16-12(18-11)19-15/h2-7H,15H2,1H3,(H2,16,17,18,19). The first-order chi connectivity index (χ1) is 9.11. The average molecular weight is 298 g/mol. The molecule has 5 nitrogen and oxygen atoms in total. The van der Waals surface area contributed by atoms with E-state index in [9.17, 15) is 0 Å². The first-order valence-electron chi connectivity index (χ1n) is 5.62. The Bertz CT molecular complexity index is 576. The van der Waals surface area contributed by atoms with Crippen molar-refractivity contribution in [1.82, 2.24) is 9.97 Å². The molecule has 1 heterocycles. The molecule has 0 radical (unpaired) electrons. The molecule has 1 unspecified atom stereocenters. The molecule has 0 aliphatic rings. The summed E-state index contributed by atoms with van der Waals surface area (Å²) < 4.78 is 0. The molecule has 0 saturated carbocycles. The van der Waals surface area contributed by atoms with Gasteiger partial charge in [-0.15, -0.1) is 0 Å². The van der Waals surface area contributed by atoms with Crippen LogP contribution in [0.3, 0.4) is 0 Å². The number of nitrogens with zero attached hydrogens (tertiary/aromatic N) is 2. The van der Waals surface area contributed by atoms with Crippen molar-refractivity contribution in [2.45, 2.75) is 13.0 Å². The maximum Gasteiger partial charge on any atom is 0.239 e. The maximum atomic E-state index is 6.15. The van der Waals surface area contributed by atoms with Gasteiger partial charge in [-0.2, -0.15) is 4.98 Å². The summed E-state index contributed by atoms with van der Waals surface area (Å²) in [5.41, 5.74) is 3.33. The van der Waals surface area contributed by atoms with Crippen LogP contribution in [0.2, 0.25) is 10.0 Å². The monoisotopic (exact) mass is 297 g/mol. The molecule has 0 aliphatic heterocycles. The van der Waals surface area contributed by atoms with Crippen molar-refractivity contribution >= 4 is 35.0 Å². The molecule has 0 amide bonds. The SMILES string of the molecule is CC(Nc1nc(NN)ncc1Cl)c1ccccc1Cl. The molecule has 2 rings (SSSR count). The first-order valence-corrected chi connectivity index (χ1v) is 6.37. The molecular weight excluding hydrogens is 285 g/mol. The maximum absolute atomic E-state index is 6.15. The molecule has 0 aliphatic carbocycles. The molecular formula is C12H13Cl2N5. The molecule has 7 heteroatoms. The predicted octanol–water partition coefficient (Wildman–Crippen LogP) is 3.24. The molecule has 1 aromatic carbocycles. The summed E-state index contributed by atoms with van der Waals surface area (Å²) in [6.45, 7) is 1.97. The van der Waals surface area contributed by atoms with Gasteiger partial charge in [0.2, 0.25) is 5.95 Å². The van der Waals surface area contributed by atoms with E-state index in [1.807, 2.05) is 31.2 Å². The minimum Gasteiger partial charge on any atom is -0.362 e. The van der Waals surface area contributed by atoms with Crippen molar-refractivity contribution in [3.8, 4) is 0 Å². The number of hydrogen-bond donors (Lipinski definition) is 3. The number of nitrogen functional groups attached to an aromatic ring is 1. The third-order valence-electron chi connectivity index (χ3n) is 2.60. The number of nitrogens with two attached hydrogens (primary N) is 1. The zero-order chi connectivity index (χ0) is 13.8. The van der Waals surface area contributed by atoms with E-state index in [-0.39, 0.29) is 6.04 Å². The van der Waals surface area contributed by atoms with Crippen LogP contribution in [-0.2, 0) is 0 Å². The summed E-state index contributed by atoms with van der Waals surface area (Å²) in [7, 11) is 0. The Morgan fingerprint density at radius 2 is 1.95 bits per heavy atom. The lowest BCUT2D eigenvalue weighted by Gasteiger charge is -2.17. The average Bonchev–Trinajstić information content (AvgIpc) is 2.41. The van der Waals surface area contributed by atoms with Gasteiger partial charge in [0, 0.05) is 5.02 Å². The van der Waals surface area contributed by atoms with Crippen LogP contribution in [0.1, 0.15) is 18.5 Å². The normalized spacial score (nSPS) is 12.0. The summed E-state index contributed by atoms with van der Waals surface area (Å²) in [6.07, 6.45) is 1.48. The van der Waals surface area contributed by atoms with Gasteiger partial charge in [0.05, 0.1) is 12.2 Å². The number of anilines is 2. The Hall–Kier alpha value is -1.56. The second-order valence-corrected chi connectivity index (χ2v) is 4.74. The summed E-state index contributed by atoms with van der Waals surface area (Å²) in [6, 6.07) is 7.54. The van der Waals surface area contributed by atoms with Crippen LogP contribution in [0.25, 0.3) is 0 Å². The van der Waals surface area contributed by atoms with Crippen LogP contribution in [0.4, 0.5) is 11.8 Å². The van der Waals surface area contributed by atoms with Gasteiger partial charge < -0.3 is 5.32 Å². The minimum atomic E-state index is -0.0493. The number of rotatable bonds is 4. The van der Waals surface area contributed by atoms with E-state index in [1.54, 1.807) is 0 Å². The molecule has 0 spiro atoms. The topological polar surface area (TPSA) is 75.9 Å². The van der Waals surface area contributed by atoms with E-state index < -0.39 is 0 Å². The van der Waals surface area contributed by atoms with Crippen molar-refractivity contribution in [1.29, 1.82) is 0 Å². The third-order valence-corrected chi connectivity index (χ3v) is 3.22. The third kappa shape index (κ3) is 3.26. The Balaban J connectivity index is 2.24. The van der Waals surface area contributed by atoms with E-state index in [0.717, 1.165) is 5.56 Å². The van der Waals surface area contributed by atoms with Crippen LogP contribution in [0.5, 0.6) is 0 Å². The quantitative estimate of drug-likeness (QED) is 0.597. The zero-order valence-corrected chi connectivity index (χ0v) is 11.7. The second kappa shape index (κ2) is 6.06. The molecule has 0 saturated heterocycles. The van der Waals surface area contributed by atoms with E-state index in [4.69, 9.17) is 29.0 Å². The highest BCUT2D eigenvalue weighted by atomic mass is 35.5. The predicted molar refractivity (Wildman–Crippen MR) is 78.3 cm³/mol. The highest BCUT2D eigenvalue weighted by Gasteiger charge is 2.12. The fourth-order valence-electron chi connectivity index (χ4n) is 1.65. The summed E-state index contributed by atoms with van der Waals surface area (Å²) in [5.74, 6) is 6.06. The molecule has 19 heavy (non-hydrogen) atoms. The Labute approximate surface area is 121 Å². The van der Waals surface area contributed by atoms with Gasteiger partial charge in [-0.3, -0.25) is 5.43 Å². The van der Waals surface area contributed by atoms with Gasteiger partial charge in [-0.05, 0) is 18.6 Å². The molecule has 1 aromatic heterocycles. The molecule has 0 fully saturated rings. The molecule has 100 valence electrons. The van der Waals surface area contributed by atoms with Crippen LogP contribution in [-0.4, -0.2) is 9.97 Å². The Morgan fingerprint density at radius 1 is 1.21 bits per heavy atom. The van der Waals surface area contributed by atoms with E-state index >= 15 is 0 Å². The smallest absolute Gasteiger partial charge is 0.239 e. The zero-order valence-electron chi connectivity index (χ0n) is 10.2. The molecule has 0 bridgehead atoms. The molecule has 2 aromatic rings. The molecule has 4 N–H and O–H groups in total. The minimum absolute atomic E-state index is 0.0493. The van der Waals surface area contributed by atoms with Crippen LogP contribution < -0.4 is 16.6 Å². The van der Waals surface area contributed by atoms with Crippen molar-refractivity contribution in [3.05, 3.63) is 46.1 Å². The van der Waals surface area contributed by atoms with Gasteiger partial charge in [-0.25, -0.2) is 10.8 Å². The molecule has 1 atom stereocenters.